The van der Waals surface area contributed by atoms with Crippen molar-refractivity contribution in [2.75, 3.05) is 17.2 Å². The average molecular weight is 380 g/mol. The zero-order chi connectivity index (χ0) is 20.3. The maximum Gasteiger partial charge on any atom is 0.256 e. The van der Waals surface area contributed by atoms with Crippen LogP contribution in [0.3, 0.4) is 0 Å². The fourth-order valence-corrected chi connectivity index (χ4v) is 2.73. The van der Waals surface area contributed by atoms with Crippen LogP contribution in [-0.2, 0) is 10.2 Å². The van der Waals surface area contributed by atoms with Crippen LogP contribution < -0.4 is 16.4 Å². The van der Waals surface area contributed by atoms with Gasteiger partial charge < -0.3 is 16.4 Å². The molecule has 2 amide bonds. The number of carbonyl (C=O) groups excluding carboxylic acids is 2. The summed E-state index contributed by atoms with van der Waals surface area (Å²) in [6.45, 7) is 6.73. The van der Waals surface area contributed by atoms with Gasteiger partial charge in [0.2, 0.25) is 5.91 Å². The normalized spacial score (nSPS) is 11.4. The van der Waals surface area contributed by atoms with Crippen LogP contribution in [0.1, 0.15) is 43.1 Å². The summed E-state index contributed by atoms with van der Waals surface area (Å²) in [5, 5.41) is 10.1. The first-order valence-corrected chi connectivity index (χ1v) is 9.03. The maximum absolute atomic E-state index is 12.6. The van der Waals surface area contributed by atoms with Crippen molar-refractivity contribution in [3.63, 3.8) is 0 Å². The van der Waals surface area contributed by atoms with Crippen molar-refractivity contribution in [2.45, 2.75) is 32.6 Å². The number of aromatic nitrogens is 3. The predicted octanol–water partition coefficient (Wildman–Crippen LogP) is 2.57. The number of nitrogens with zero attached hydrogens (tertiary/aromatic N) is 3. The number of carbonyl (C=O) groups is 2. The molecule has 0 fully saturated rings. The van der Waals surface area contributed by atoms with E-state index in [9.17, 15) is 9.59 Å². The average Bonchev–Trinajstić information content (AvgIpc) is 3.09. The Balaban J connectivity index is 1.79. The fraction of sp³-hybridized carbons (Fsp3) is 0.300. The topological polar surface area (TPSA) is 114 Å². The van der Waals surface area contributed by atoms with Gasteiger partial charge in [0, 0.05) is 30.7 Å². The van der Waals surface area contributed by atoms with E-state index in [0.29, 0.717) is 29.4 Å². The monoisotopic (exact) mass is 380 g/mol. The zero-order valence-corrected chi connectivity index (χ0v) is 16.2. The highest BCUT2D eigenvalue weighted by Gasteiger charge is 2.15. The van der Waals surface area contributed by atoms with Gasteiger partial charge in [-0.3, -0.25) is 9.59 Å². The second-order valence-electron chi connectivity index (χ2n) is 7.55. The molecule has 4 N–H and O–H groups in total. The lowest BCUT2D eigenvalue weighted by atomic mass is 9.87. The first-order chi connectivity index (χ1) is 13.2. The highest BCUT2D eigenvalue weighted by molar-refractivity contribution is 6.04. The van der Waals surface area contributed by atoms with Crippen LogP contribution in [0.5, 0.6) is 0 Å². The van der Waals surface area contributed by atoms with Gasteiger partial charge in [-0.2, -0.15) is 9.61 Å². The molecule has 0 saturated carbocycles. The molecule has 3 rings (SSSR count). The lowest BCUT2D eigenvalue weighted by Crippen LogP contribution is -2.18. The van der Waals surface area contributed by atoms with Gasteiger partial charge in [0.05, 0.1) is 6.20 Å². The number of amides is 2. The van der Waals surface area contributed by atoms with Gasteiger partial charge in [0.15, 0.2) is 5.65 Å². The molecule has 0 unspecified atom stereocenters. The summed E-state index contributed by atoms with van der Waals surface area (Å²) in [6.07, 6.45) is 1.80. The molecule has 0 bridgehead atoms. The van der Waals surface area contributed by atoms with Crippen molar-refractivity contribution in [3.05, 3.63) is 53.7 Å². The summed E-state index contributed by atoms with van der Waals surface area (Å²) >= 11 is 0. The van der Waals surface area contributed by atoms with Gasteiger partial charge in [-0.15, -0.1) is 0 Å². The van der Waals surface area contributed by atoms with E-state index < -0.39 is 5.91 Å². The van der Waals surface area contributed by atoms with Gasteiger partial charge in [0.25, 0.3) is 5.91 Å². The third-order valence-corrected chi connectivity index (χ3v) is 4.29. The Bertz CT molecular complexity index is 1000. The molecule has 2 aromatic heterocycles. The lowest BCUT2D eigenvalue weighted by molar-refractivity contribution is -0.117. The van der Waals surface area contributed by atoms with Gasteiger partial charge in [0.1, 0.15) is 11.6 Å². The van der Waals surface area contributed by atoms with Gasteiger partial charge in [-0.1, -0.05) is 32.9 Å². The summed E-state index contributed by atoms with van der Waals surface area (Å²) in [7, 11) is 0. The molecule has 0 radical (unpaired) electrons. The molecular formula is C20H24N6O2. The molecule has 8 heteroatoms. The van der Waals surface area contributed by atoms with E-state index in [4.69, 9.17) is 5.73 Å². The number of hydrogen-bond acceptors (Lipinski definition) is 5. The highest BCUT2D eigenvalue weighted by Crippen LogP contribution is 2.22. The molecule has 0 spiro atoms. The molecule has 146 valence electrons. The molecule has 8 nitrogen and oxygen atoms in total. The number of nitrogens with two attached hydrogens (primary N) is 1. The van der Waals surface area contributed by atoms with Crippen molar-refractivity contribution in [2.24, 2.45) is 5.73 Å². The van der Waals surface area contributed by atoms with Crippen LogP contribution >= 0.6 is 0 Å². The number of rotatable bonds is 6. The van der Waals surface area contributed by atoms with Crippen molar-refractivity contribution in [1.82, 2.24) is 14.6 Å². The molecule has 3 aromatic rings. The Morgan fingerprint density at radius 2 is 1.86 bits per heavy atom. The van der Waals surface area contributed by atoms with E-state index in [2.05, 4.69) is 41.5 Å². The number of fused-ring (bicyclic) bond motifs is 1. The Morgan fingerprint density at radius 3 is 2.50 bits per heavy atom. The smallest absolute Gasteiger partial charge is 0.256 e. The number of benzene rings is 1. The van der Waals surface area contributed by atoms with Gasteiger partial charge in [-0.25, -0.2) is 4.98 Å². The maximum atomic E-state index is 12.6. The van der Waals surface area contributed by atoms with Crippen LogP contribution in [0.2, 0.25) is 0 Å². The second-order valence-corrected chi connectivity index (χ2v) is 7.55. The predicted molar refractivity (Wildman–Crippen MR) is 108 cm³/mol. The fourth-order valence-electron chi connectivity index (χ4n) is 2.73. The lowest BCUT2D eigenvalue weighted by Gasteiger charge is -2.19. The van der Waals surface area contributed by atoms with Crippen molar-refractivity contribution in [3.8, 4) is 0 Å². The second kappa shape index (κ2) is 7.67. The van der Waals surface area contributed by atoms with E-state index in [1.165, 1.54) is 0 Å². The SMILES string of the molecule is CC(C)(C)c1ccc(C(=O)Nc2cc(NCCC(N)=O)n3nccc3n2)cc1. The summed E-state index contributed by atoms with van der Waals surface area (Å²) in [5.41, 5.74) is 7.47. The molecular weight excluding hydrogens is 356 g/mol. The third-order valence-electron chi connectivity index (χ3n) is 4.29. The highest BCUT2D eigenvalue weighted by atomic mass is 16.2. The number of anilines is 2. The number of primary amides is 1. The molecule has 0 saturated heterocycles. The standard InChI is InChI=1S/C20H24N6O2/c1-20(2,3)14-6-4-13(5-7-14)19(28)25-16-12-18(22-10-8-15(21)27)26-17(24-16)9-11-23-26/h4-7,9,11-12,22H,8,10H2,1-3H3,(H2,21,27)(H,24,25,28). The molecule has 28 heavy (non-hydrogen) atoms. The Hall–Kier alpha value is -3.42. The van der Waals surface area contributed by atoms with E-state index in [1.807, 2.05) is 12.1 Å². The minimum Gasteiger partial charge on any atom is -0.370 e. The van der Waals surface area contributed by atoms with Crippen molar-refractivity contribution < 1.29 is 9.59 Å². The summed E-state index contributed by atoms with van der Waals surface area (Å²) < 4.78 is 1.59. The first-order valence-electron chi connectivity index (χ1n) is 9.03. The van der Waals surface area contributed by atoms with Crippen LogP contribution in [0, 0.1) is 0 Å². The van der Waals surface area contributed by atoms with E-state index >= 15 is 0 Å². The van der Waals surface area contributed by atoms with E-state index in [-0.39, 0.29) is 17.7 Å². The number of nitrogens with one attached hydrogen (secondary N) is 2. The first kappa shape index (κ1) is 19.3. The Morgan fingerprint density at radius 1 is 1.14 bits per heavy atom. The minimum atomic E-state index is -0.398. The van der Waals surface area contributed by atoms with Crippen molar-refractivity contribution in [1.29, 1.82) is 0 Å². The van der Waals surface area contributed by atoms with Crippen LogP contribution in [0.25, 0.3) is 5.65 Å². The largest absolute Gasteiger partial charge is 0.370 e. The summed E-state index contributed by atoms with van der Waals surface area (Å²) in [6, 6.07) is 10.9. The number of hydrogen-bond donors (Lipinski definition) is 3. The Kier molecular flexibility index (Phi) is 5.30. The van der Waals surface area contributed by atoms with Crippen molar-refractivity contribution >= 4 is 29.1 Å². The van der Waals surface area contributed by atoms with Crippen LogP contribution in [-0.4, -0.2) is 33.0 Å². The molecule has 0 atom stereocenters. The van der Waals surface area contributed by atoms with Crippen LogP contribution in [0.4, 0.5) is 11.6 Å². The van der Waals surface area contributed by atoms with E-state index in [0.717, 1.165) is 5.56 Å². The van der Waals surface area contributed by atoms with Gasteiger partial charge in [-0.05, 0) is 23.1 Å². The zero-order valence-electron chi connectivity index (χ0n) is 16.2. The molecule has 0 aliphatic rings. The molecule has 0 aliphatic carbocycles. The third kappa shape index (κ3) is 4.46. The minimum absolute atomic E-state index is 0.0229. The van der Waals surface area contributed by atoms with Crippen LogP contribution in [0.15, 0.2) is 42.6 Å². The molecule has 1 aromatic carbocycles. The quantitative estimate of drug-likeness (QED) is 0.608. The summed E-state index contributed by atoms with van der Waals surface area (Å²) in [5.74, 6) is 0.347. The molecule has 2 heterocycles. The van der Waals surface area contributed by atoms with E-state index in [1.54, 1.807) is 35.0 Å². The summed E-state index contributed by atoms with van der Waals surface area (Å²) in [4.78, 5) is 28.0. The van der Waals surface area contributed by atoms with Gasteiger partial charge >= 0.3 is 0 Å². The Labute approximate surface area is 163 Å². The molecule has 0 aliphatic heterocycles.